The molecule has 0 unspecified atom stereocenters. The predicted molar refractivity (Wildman–Crippen MR) is 78.7 cm³/mol. The summed E-state index contributed by atoms with van der Waals surface area (Å²) in [7, 11) is 0. The minimum atomic E-state index is -1.02. The number of hydrogen-bond acceptors (Lipinski definition) is 5. The quantitative estimate of drug-likeness (QED) is 0.454. The molecule has 1 rings (SSSR count). The number of nitrogens with one attached hydrogen (secondary N) is 1. The molecule has 114 valence electrons. The number of aliphatic carboxylic acids is 1. The molecule has 0 aromatic heterocycles. The van der Waals surface area contributed by atoms with Crippen LogP contribution in [-0.4, -0.2) is 33.7 Å². The van der Waals surface area contributed by atoms with Gasteiger partial charge in [0.2, 0.25) is 0 Å². The van der Waals surface area contributed by atoms with Gasteiger partial charge in [0, 0.05) is 28.8 Å². The van der Waals surface area contributed by atoms with Gasteiger partial charge in [-0.2, -0.15) is 0 Å². The number of non-ortho nitro benzene ring substituents is 1. The molecule has 1 aromatic rings. The number of thioether (sulfide) groups is 1. The van der Waals surface area contributed by atoms with E-state index in [2.05, 4.69) is 5.32 Å². The van der Waals surface area contributed by atoms with E-state index >= 15 is 0 Å². The van der Waals surface area contributed by atoms with Crippen molar-refractivity contribution < 1.29 is 19.6 Å². The van der Waals surface area contributed by atoms with E-state index in [1.807, 2.05) is 13.8 Å². The van der Waals surface area contributed by atoms with Gasteiger partial charge < -0.3 is 10.4 Å². The average Bonchev–Trinajstić information content (AvgIpc) is 2.37. The number of nitrogens with zero attached hydrogens (tertiary/aromatic N) is 1. The van der Waals surface area contributed by atoms with Crippen LogP contribution in [0, 0.1) is 10.1 Å². The third-order valence-electron chi connectivity index (χ3n) is 2.41. The summed E-state index contributed by atoms with van der Waals surface area (Å²) in [6, 6.07) is 4.09. The van der Waals surface area contributed by atoms with Crippen molar-refractivity contribution in [2.24, 2.45) is 0 Å². The van der Waals surface area contributed by atoms with E-state index in [4.69, 9.17) is 5.11 Å². The van der Waals surface area contributed by atoms with E-state index in [1.165, 1.54) is 30.0 Å². The summed E-state index contributed by atoms with van der Waals surface area (Å²) >= 11 is 1.41. The maximum atomic E-state index is 12.1. The van der Waals surface area contributed by atoms with Crippen LogP contribution < -0.4 is 5.32 Å². The van der Waals surface area contributed by atoms with Crippen molar-refractivity contribution in [1.29, 1.82) is 0 Å². The van der Waals surface area contributed by atoms with Crippen molar-refractivity contribution in [2.45, 2.75) is 30.4 Å². The number of rotatable bonds is 7. The monoisotopic (exact) mass is 312 g/mol. The van der Waals surface area contributed by atoms with Gasteiger partial charge in [0.1, 0.15) is 0 Å². The minimum absolute atomic E-state index is 0.0252. The topological polar surface area (TPSA) is 110 Å². The van der Waals surface area contributed by atoms with Gasteiger partial charge in [-0.25, -0.2) is 0 Å². The third-order valence-corrected chi connectivity index (χ3v) is 3.49. The highest BCUT2D eigenvalue weighted by Gasteiger charge is 2.17. The molecule has 0 spiro atoms. The predicted octanol–water partition coefficient (Wildman–Crippen LogP) is 2.30. The second kappa shape index (κ2) is 7.63. The molecule has 0 fully saturated rings. The number of amides is 1. The highest BCUT2D eigenvalue weighted by atomic mass is 32.2. The Morgan fingerprint density at radius 3 is 2.62 bits per heavy atom. The molecule has 0 heterocycles. The van der Waals surface area contributed by atoms with E-state index in [1.54, 1.807) is 0 Å². The Kier molecular flexibility index (Phi) is 6.16. The van der Waals surface area contributed by atoms with Gasteiger partial charge in [-0.3, -0.25) is 19.7 Å². The number of nitro groups is 1. The lowest BCUT2D eigenvalue weighted by Crippen LogP contribution is -2.26. The van der Waals surface area contributed by atoms with Crippen LogP contribution in [-0.2, 0) is 4.79 Å². The van der Waals surface area contributed by atoms with Crippen molar-refractivity contribution in [3.8, 4) is 0 Å². The van der Waals surface area contributed by atoms with Crippen LogP contribution in [0.15, 0.2) is 23.1 Å². The lowest BCUT2D eigenvalue weighted by Gasteiger charge is -2.11. The van der Waals surface area contributed by atoms with Gasteiger partial charge in [0.25, 0.3) is 11.6 Å². The molecule has 8 heteroatoms. The standard InChI is InChI=1S/C13H16N2O5S/c1-8(2)21-11-4-3-9(15(19)20)7-10(11)13(18)14-6-5-12(16)17/h3-4,7-8H,5-6H2,1-2H3,(H,14,18)(H,16,17). The Bertz CT molecular complexity index is 559. The maximum absolute atomic E-state index is 12.1. The SMILES string of the molecule is CC(C)Sc1ccc([N+](=O)[O-])cc1C(=O)NCCC(=O)O. The highest BCUT2D eigenvalue weighted by molar-refractivity contribution is 8.00. The Morgan fingerprint density at radius 2 is 2.10 bits per heavy atom. The van der Waals surface area contributed by atoms with Crippen molar-refractivity contribution >= 4 is 29.3 Å². The summed E-state index contributed by atoms with van der Waals surface area (Å²) in [5.41, 5.74) is 0.0137. The van der Waals surface area contributed by atoms with Crippen LogP contribution in [0.4, 0.5) is 5.69 Å². The zero-order valence-electron chi connectivity index (χ0n) is 11.7. The maximum Gasteiger partial charge on any atom is 0.305 e. The summed E-state index contributed by atoms with van der Waals surface area (Å²) in [5, 5.41) is 22.0. The highest BCUT2D eigenvalue weighted by Crippen LogP contribution is 2.29. The van der Waals surface area contributed by atoms with Gasteiger partial charge in [-0.1, -0.05) is 13.8 Å². The molecule has 0 saturated heterocycles. The van der Waals surface area contributed by atoms with Crippen LogP contribution >= 0.6 is 11.8 Å². The molecule has 0 aliphatic heterocycles. The molecule has 7 nitrogen and oxygen atoms in total. The van der Waals surface area contributed by atoms with Gasteiger partial charge in [-0.15, -0.1) is 11.8 Å². The molecule has 0 bridgehead atoms. The summed E-state index contributed by atoms with van der Waals surface area (Å²) in [5.74, 6) is -1.53. The fourth-order valence-electron chi connectivity index (χ4n) is 1.54. The van der Waals surface area contributed by atoms with Gasteiger partial charge in [-0.05, 0) is 6.07 Å². The molecule has 0 radical (unpaired) electrons. The number of carboxylic acid groups (broad SMARTS) is 1. The summed E-state index contributed by atoms with van der Waals surface area (Å²) in [6.07, 6.45) is -0.201. The molecule has 0 aliphatic rings. The fraction of sp³-hybridized carbons (Fsp3) is 0.385. The van der Waals surface area contributed by atoms with E-state index in [9.17, 15) is 19.7 Å². The van der Waals surface area contributed by atoms with Crippen LogP contribution in [0.25, 0.3) is 0 Å². The van der Waals surface area contributed by atoms with Gasteiger partial charge in [0.05, 0.1) is 16.9 Å². The van der Waals surface area contributed by atoms with E-state index < -0.39 is 16.8 Å². The molecule has 21 heavy (non-hydrogen) atoms. The summed E-state index contributed by atoms with van der Waals surface area (Å²) in [4.78, 5) is 33.4. The van der Waals surface area contributed by atoms with Crippen molar-refractivity contribution in [2.75, 3.05) is 6.54 Å². The largest absolute Gasteiger partial charge is 0.481 e. The fourth-order valence-corrected chi connectivity index (χ4v) is 2.48. The van der Waals surface area contributed by atoms with Crippen LogP contribution in [0.1, 0.15) is 30.6 Å². The summed E-state index contributed by atoms with van der Waals surface area (Å²) in [6.45, 7) is 3.86. The normalized spacial score (nSPS) is 10.4. The average molecular weight is 312 g/mol. The Labute approximate surface area is 125 Å². The number of benzene rings is 1. The molecule has 0 aliphatic carbocycles. The second-order valence-electron chi connectivity index (χ2n) is 4.50. The first-order chi connectivity index (χ1) is 9.81. The number of carbonyl (C=O) groups excluding carboxylic acids is 1. The Hall–Kier alpha value is -2.09. The van der Waals surface area contributed by atoms with Crippen LogP contribution in [0.2, 0.25) is 0 Å². The molecule has 2 N–H and O–H groups in total. The second-order valence-corrected chi connectivity index (χ2v) is 6.12. The number of nitro benzene ring substituents is 1. The van der Waals surface area contributed by atoms with E-state index in [0.29, 0.717) is 4.90 Å². The van der Waals surface area contributed by atoms with Crippen molar-refractivity contribution in [1.82, 2.24) is 5.32 Å². The molecule has 1 amide bonds. The van der Waals surface area contributed by atoms with Gasteiger partial charge in [0.15, 0.2) is 0 Å². The van der Waals surface area contributed by atoms with Crippen LogP contribution in [0.5, 0.6) is 0 Å². The first-order valence-corrected chi connectivity index (χ1v) is 7.14. The van der Waals surface area contributed by atoms with Gasteiger partial charge >= 0.3 is 5.97 Å². The molecule has 1 aromatic carbocycles. The van der Waals surface area contributed by atoms with E-state index in [-0.39, 0.29) is 29.5 Å². The number of carbonyl (C=O) groups is 2. The lowest BCUT2D eigenvalue weighted by atomic mass is 10.2. The third kappa shape index (κ3) is 5.42. The Morgan fingerprint density at radius 1 is 1.43 bits per heavy atom. The smallest absolute Gasteiger partial charge is 0.305 e. The molecular weight excluding hydrogens is 296 g/mol. The Balaban J connectivity index is 2.98. The number of carboxylic acids is 1. The summed E-state index contributed by atoms with van der Waals surface area (Å²) < 4.78 is 0. The molecule has 0 atom stereocenters. The van der Waals surface area contributed by atoms with Crippen molar-refractivity contribution in [3.63, 3.8) is 0 Å². The van der Waals surface area contributed by atoms with Crippen molar-refractivity contribution in [3.05, 3.63) is 33.9 Å². The number of hydrogen-bond donors (Lipinski definition) is 2. The zero-order chi connectivity index (χ0) is 16.0. The lowest BCUT2D eigenvalue weighted by molar-refractivity contribution is -0.384. The first kappa shape index (κ1) is 17.0. The van der Waals surface area contributed by atoms with Crippen LogP contribution in [0.3, 0.4) is 0 Å². The first-order valence-electron chi connectivity index (χ1n) is 6.26. The van der Waals surface area contributed by atoms with E-state index in [0.717, 1.165) is 0 Å². The zero-order valence-corrected chi connectivity index (χ0v) is 12.5. The minimum Gasteiger partial charge on any atom is -0.481 e. The molecular formula is C13H16N2O5S. The molecule has 0 saturated carbocycles.